The lowest BCUT2D eigenvalue weighted by atomic mass is 10.3. The largest absolute Gasteiger partial charge is 0.487 e. The maximum atomic E-state index is 5.82. The number of benzene rings is 1. The van der Waals surface area contributed by atoms with Gasteiger partial charge < -0.3 is 9.64 Å². The van der Waals surface area contributed by atoms with E-state index in [1.165, 1.54) is 0 Å². The molecule has 3 nitrogen and oxygen atoms in total. The van der Waals surface area contributed by atoms with Crippen LogP contribution >= 0.6 is 11.6 Å². The summed E-state index contributed by atoms with van der Waals surface area (Å²) in [4.78, 5) is 6.21. The van der Waals surface area contributed by atoms with E-state index >= 15 is 0 Å². The molecular weight excluding hydrogens is 248 g/mol. The summed E-state index contributed by atoms with van der Waals surface area (Å²) in [5.74, 6) is 0.822. The quantitative estimate of drug-likeness (QED) is 0.790. The van der Waals surface area contributed by atoms with E-state index in [1.54, 1.807) is 6.07 Å². The highest BCUT2D eigenvalue weighted by Crippen LogP contribution is 2.20. The van der Waals surface area contributed by atoms with Gasteiger partial charge in [-0.3, -0.25) is 0 Å². The summed E-state index contributed by atoms with van der Waals surface area (Å²) >= 11 is 5.82. The van der Waals surface area contributed by atoms with Crippen LogP contribution in [0.25, 0.3) is 0 Å². The van der Waals surface area contributed by atoms with Gasteiger partial charge in [0.2, 0.25) is 0 Å². The molecule has 0 aliphatic heterocycles. The van der Waals surface area contributed by atoms with Gasteiger partial charge in [0.25, 0.3) is 0 Å². The summed E-state index contributed by atoms with van der Waals surface area (Å²) in [7, 11) is 4.00. The van der Waals surface area contributed by atoms with E-state index in [0.717, 1.165) is 17.1 Å². The van der Waals surface area contributed by atoms with E-state index < -0.39 is 0 Å². The Morgan fingerprint density at radius 1 is 1.17 bits per heavy atom. The van der Waals surface area contributed by atoms with Crippen LogP contribution in [0, 0.1) is 0 Å². The van der Waals surface area contributed by atoms with Gasteiger partial charge in [-0.1, -0.05) is 23.7 Å². The number of nitrogens with zero attached hydrogens (tertiary/aromatic N) is 2. The van der Waals surface area contributed by atoms with Crippen LogP contribution in [-0.4, -0.2) is 19.1 Å². The fourth-order valence-corrected chi connectivity index (χ4v) is 1.72. The molecular formula is C14H15ClN2O. The Bertz CT molecular complexity index is 529. The third kappa shape index (κ3) is 3.37. The second-order valence-corrected chi connectivity index (χ2v) is 4.52. The highest BCUT2D eigenvalue weighted by molar-refractivity contribution is 6.29. The van der Waals surface area contributed by atoms with Crippen molar-refractivity contribution in [3.8, 4) is 5.75 Å². The summed E-state index contributed by atoms with van der Waals surface area (Å²) in [6.45, 7) is 0.414. The normalized spacial score (nSPS) is 10.2. The first-order valence-electron chi connectivity index (χ1n) is 5.67. The van der Waals surface area contributed by atoms with Crippen LogP contribution in [0.5, 0.6) is 5.75 Å². The third-order valence-electron chi connectivity index (χ3n) is 2.49. The SMILES string of the molecule is CN(C)c1cccc(OCc2cccc(Cl)n2)c1. The van der Waals surface area contributed by atoms with Crippen molar-refractivity contribution in [2.24, 2.45) is 0 Å². The topological polar surface area (TPSA) is 25.4 Å². The minimum atomic E-state index is 0.414. The first-order chi connectivity index (χ1) is 8.65. The van der Waals surface area contributed by atoms with E-state index in [2.05, 4.69) is 4.98 Å². The Morgan fingerprint density at radius 2 is 1.94 bits per heavy atom. The van der Waals surface area contributed by atoms with Gasteiger partial charge in [-0.25, -0.2) is 4.98 Å². The molecule has 0 atom stereocenters. The van der Waals surface area contributed by atoms with Gasteiger partial charge in [-0.15, -0.1) is 0 Å². The van der Waals surface area contributed by atoms with Crippen LogP contribution in [-0.2, 0) is 6.61 Å². The van der Waals surface area contributed by atoms with E-state index in [1.807, 2.05) is 55.4 Å². The van der Waals surface area contributed by atoms with Gasteiger partial charge in [-0.05, 0) is 24.3 Å². The third-order valence-corrected chi connectivity index (χ3v) is 2.70. The van der Waals surface area contributed by atoms with Gasteiger partial charge in [0.05, 0.1) is 5.69 Å². The molecule has 1 aromatic heterocycles. The Morgan fingerprint density at radius 3 is 2.67 bits per heavy atom. The van der Waals surface area contributed by atoms with E-state index in [0.29, 0.717) is 11.8 Å². The van der Waals surface area contributed by atoms with Crippen molar-refractivity contribution in [3.05, 3.63) is 53.3 Å². The van der Waals surface area contributed by atoms with Gasteiger partial charge in [0, 0.05) is 25.8 Å². The molecule has 0 spiro atoms. The van der Waals surface area contributed by atoms with Gasteiger partial charge in [0.15, 0.2) is 0 Å². The molecule has 0 saturated heterocycles. The molecule has 0 saturated carbocycles. The molecule has 1 aromatic carbocycles. The summed E-state index contributed by atoms with van der Waals surface area (Å²) < 4.78 is 5.69. The minimum Gasteiger partial charge on any atom is -0.487 e. The Labute approximate surface area is 112 Å². The first-order valence-corrected chi connectivity index (χ1v) is 6.04. The zero-order valence-corrected chi connectivity index (χ0v) is 11.2. The van der Waals surface area contributed by atoms with Crippen molar-refractivity contribution in [1.82, 2.24) is 4.98 Å². The number of anilines is 1. The fourth-order valence-electron chi connectivity index (χ4n) is 1.54. The van der Waals surface area contributed by atoms with Gasteiger partial charge in [0.1, 0.15) is 17.5 Å². The molecule has 94 valence electrons. The summed E-state index contributed by atoms with van der Waals surface area (Å²) in [5.41, 5.74) is 1.92. The fraction of sp³-hybridized carbons (Fsp3) is 0.214. The summed E-state index contributed by atoms with van der Waals surface area (Å²) in [6.07, 6.45) is 0. The highest BCUT2D eigenvalue weighted by Gasteiger charge is 2.00. The van der Waals surface area contributed by atoms with Crippen LogP contribution in [0.15, 0.2) is 42.5 Å². The zero-order valence-electron chi connectivity index (χ0n) is 10.4. The lowest BCUT2D eigenvalue weighted by molar-refractivity contribution is 0.301. The summed E-state index contributed by atoms with van der Waals surface area (Å²) in [6, 6.07) is 13.4. The van der Waals surface area contributed by atoms with E-state index in [-0.39, 0.29) is 0 Å². The van der Waals surface area contributed by atoms with Crippen LogP contribution in [0.2, 0.25) is 5.15 Å². The van der Waals surface area contributed by atoms with Crippen LogP contribution in [0.3, 0.4) is 0 Å². The van der Waals surface area contributed by atoms with Crippen molar-refractivity contribution in [1.29, 1.82) is 0 Å². The van der Waals surface area contributed by atoms with Crippen molar-refractivity contribution >= 4 is 17.3 Å². The Balaban J connectivity index is 2.04. The molecule has 0 aliphatic carbocycles. The number of hydrogen-bond acceptors (Lipinski definition) is 3. The molecule has 1 heterocycles. The molecule has 4 heteroatoms. The Hall–Kier alpha value is -1.74. The monoisotopic (exact) mass is 262 g/mol. The average molecular weight is 263 g/mol. The van der Waals surface area contributed by atoms with E-state index in [4.69, 9.17) is 16.3 Å². The second kappa shape index (κ2) is 5.74. The molecule has 2 rings (SSSR count). The number of aromatic nitrogens is 1. The zero-order chi connectivity index (χ0) is 13.0. The molecule has 2 aromatic rings. The predicted octanol–water partition coefficient (Wildman–Crippen LogP) is 3.38. The molecule has 18 heavy (non-hydrogen) atoms. The first kappa shape index (κ1) is 12.7. The molecule has 0 radical (unpaired) electrons. The lowest BCUT2D eigenvalue weighted by Gasteiger charge is -2.14. The average Bonchev–Trinajstić information content (AvgIpc) is 2.37. The van der Waals surface area contributed by atoms with Gasteiger partial charge >= 0.3 is 0 Å². The molecule has 0 aliphatic rings. The standard InChI is InChI=1S/C14H15ClN2O/c1-17(2)12-6-4-7-13(9-12)18-10-11-5-3-8-14(15)16-11/h3-9H,10H2,1-2H3. The van der Waals surface area contributed by atoms with Gasteiger partial charge in [-0.2, -0.15) is 0 Å². The Kier molecular flexibility index (Phi) is 4.05. The maximum absolute atomic E-state index is 5.82. The van der Waals surface area contributed by atoms with Crippen molar-refractivity contribution in [2.45, 2.75) is 6.61 Å². The molecule has 0 bridgehead atoms. The summed E-state index contributed by atoms with van der Waals surface area (Å²) in [5, 5.41) is 0.484. The highest BCUT2D eigenvalue weighted by atomic mass is 35.5. The number of halogens is 1. The van der Waals surface area contributed by atoms with Crippen LogP contribution in [0.1, 0.15) is 5.69 Å². The molecule has 0 unspecified atom stereocenters. The number of hydrogen-bond donors (Lipinski definition) is 0. The second-order valence-electron chi connectivity index (χ2n) is 4.13. The van der Waals surface area contributed by atoms with Crippen LogP contribution in [0.4, 0.5) is 5.69 Å². The molecule has 0 amide bonds. The van der Waals surface area contributed by atoms with Crippen molar-refractivity contribution < 1.29 is 4.74 Å². The molecule has 0 N–H and O–H groups in total. The number of ether oxygens (including phenoxy) is 1. The molecule has 0 fully saturated rings. The smallest absolute Gasteiger partial charge is 0.130 e. The van der Waals surface area contributed by atoms with Crippen LogP contribution < -0.4 is 9.64 Å². The number of pyridine rings is 1. The minimum absolute atomic E-state index is 0.414. The maximum Gasteiger partial charge on any atom is 0.130 e. The van der Waals surface area contributed by atoms with Crippen molar-refractivity contribution in [3.63, 3.8) is 0 Å². The van der Waals surface area contributed by atoms with Crippen molar-refractivity contribution in [2.75, 3.05) is 19.0 Å². The predicted molar refractivity (Wildman–Crippen MR) is 74.3 cm³/mol. The number of rotatable bonds is 4. The van der Waals surface area contributed by atoms with E-state index in [9.17, 15) is 0 Å². The lowest BCUT2D eigenvalue weighted by Crippen LogP contribution is -2.08.